The van der Waals surface area contributed by atoms with E-state index >= 15 is 0 Å². The molecule has 29 heavy (non-hydrogen) atoms. The Hall–Kier alpha value is -3.58. The third kappa shape index (κ3) is 4.83. The van der Waals surface area contributed by atoms with Gasteiger partial charge in [0.05, 0.1) is 19.2 Å². The van der Waals surface area contributed by atoms with Gasteiger partial charge in [-0.25, -0.2) is 0 Å². The molecule has 4 rings (SSSR count). The zero-order chi connectivity index (χ0) is 19.9. The van der Waals surface area contributed by atoms with Gasteiger partial charge in [0.15, 0.2) is 0 Å². The molecule has 1 aromatic heterocycles. The normalized spacial score (nSPS) is 10.7. The molecule has 0 saturated heterocycles. The zero-order valence-corrected chi connectivity index (χ0v) is 16.3. The molecule has 0 aliphatic heterocycles. The lowest BCUT2D eigenvalue weighted by atomic mass is 10.0. The van der Waals surface area contributed by atoms with Gasteiger partial charge >= 0.3 is 0 Å². The van der Waals surface area contributed by atoms with Crippen LogP contribution in [0.3, 0.4) is 0 Å². The number of fused-ring (bicyclic) bond motifs is 1. The minimum absolute atomic E-state index is 0.486. The molecule has 4 aromatic rings. The monoisotopic (exact) mass is 381 g/mol. The molecule has 0 bridgehead atoms. The summed E-state index contributed by atoms with van der Waals surface area (Å²) in [5, 5.41) is 15.7. The minimum Gasteiger partial charge on any atom is -0.493 e. The van der Waals surface area contributed by atoms with E-state index in [4.69, 9.17) is 10.00 Å². The number of aromatic nitrogens is 2. The molecular formula is C25H23N3O. The van der Waals surface area contributed by atoms with E-state index < -0.39 is 0 Å². The molecule has 144 valence electrons. The lowest BCUT2D eigenvalue weighted by molar-refractivity contribution is 0.318. The van der Waals surface area contributed by atoms with E-state index in [-0.39, 0.29) is 0 Å². The topological polar surface area (TPSA) is 50.8 Å². The maximum Gasteiger partial charge on any atom is 0.122 e. The highest BCUT2D eigenvalue weighted by atomic mass is 16.5. The van der Waals surface area contributed by atoms with Gasteiger partial charge in [-0.3, -0.25) is 4.68 Å². The maximum atomic E-state index is 8.95. The third-order valence-electron chi connectivity index (χ3n) is 5.00. The first-order valence-electron chi connectivity index (χ1n) is 9.88. The fraction of sp³-hybridized carbons (Fsp3) is 0.200. The molecule has 0 aliphatic carbocycles. The van der Waals surface area contributed by atoms with Gasteiger partial charge in [0.25, 0.3) is 0 Å². The molecule has 3 aromatic carbocycles. The molecule has 0 saturated carbocycles. The Morgan fingerprint density at radius 3 is 2.59 bits per heavy atom. The third-order valence-corrected chi connectivity index (χ3v) is 5.00. The van der Waals surface area contributed by atoms with Crippen molar-refractivity contribution < 1.29 is 4.74 Å². The average Bonchev–Trinajstić information content (AvgIpc) is 3.26. The first kappa shape index (κ1) is 18.8. The fourth-order valence-electron chi connectivity index (χ4n) is 3.48. The van der Waals surface area contributed by atoms with Crippen LogP contribution >= 0.6 is 0 Å². The second kappa shape index (κ2) is 9.07. The van der Waals surface area contributed by atoms with Crippen molar-refractivity contribution in [3.63, 3.8) is 0 Å². The van der Waals surface area contributed by atoms with Gasteiger partial charge in [0.2, 0.25) is 0 Å². The largest absolute Gasteiger partial charge is 0.493 e. The van der Waals surface area contributed by atoms with Crippen LogP contribution in [0.2, 0.25) is 0 Å². The highest BCUT2D eigenvalue weighted by molar-refractivity contribution is 5.82. The van der Waals surface area contributed by atoms with Crippen molar-refractivity contribution in [3.05, 3.63) is 95.8 Å². The quantitative estimate of drug-likeness (QED) is 0.423. The lowest BCUT2D eigenvalue weighted by Gasteiger charge is -2.13. The van der Waals surface area contributed by atoms with E-state index in [1.807, 2.05) is 16.9 Å². The van der Waals surface area contributed by atoms with E-state index in [1.165, 1.54) is 16.3 Å². The van der Waals surface area contributed by atoms with Gasteiger partial charge in [0.1, 0.15) is 5.75 Å². The lowest BCUT2D eigenvalue weighted by Crippen LogP contribution is -2.06. The predicted molar refractivity (Wildman–Crippen MR) is 115 cm³/mol. The zero-order valence-electron chi connectivity index (χ0n) is 16.3. The fourth-order valence-corrected chi connectivity index (χ4v) is 3.48. The summed E-state index contributed by atoms with van der Waals surface area (Å²) in [4.78, 5) is 0. The van der Waals surface area contributed by atoms with E-state index in [0.717, 1.165) is 23.3 Å². The number of ether oxygens (including phenoxy) is 1. The summed E-state index contributed by atoms with van der Waals surface area (Å²) >= 11 is 0. The number of benzene rings is 3. The highest BCUT2D eigenvalue weighted by Crippen LogP contribution is 2.23. The van der Waals surface area contributed by atoms with Crippen molar-refractivity contribution in [2.75, 3.05) is 6.61 Å². The summed E-state index contributed by atoms with van der Waals surface area (Å²) in [7, 11) is 0. The molecule has 1 heterocycles. The van der Waals surface area contributed by atoms with E-state index in [0.29, 0.717) is 26.0 Å². The Labute approximate surface area is 171 Å². The second-order valence-corrected chi connectivity index (χ2v) is 7.08. The van der Waals surface area contributed by atoms with E-state index in [2.05, 4.69) is 71.8 Å². The molecule has 4 nitrogen and oxygen atoms in total. The van der Waals surface area contributed by atoms with Crippen LogP contribution in [0.15, 0.2) is 79.1 Å². The Balaban J connectivity index is 1.46. The molecule has 0 unspecified atom stereocenters. The first-order valence-corrected chi connectivity index (χ1v) is 9.88. The number of hydrogen-bond donors (Lipinski definition) is 0. The van der Waals surface area contributed by atoms with Gasteiger partial charge in [0, 0.05) is 25.2 Å². The van der Waals surface area contributed by atoms with Gasteiger partial charge in [-0.05, 0) is 46.0 Å². The van der Waals surface area contributed by atoms with Crippen LogP contribution in [0.4, 0.5) is 0 Å². The predicted octanol–water partition coefficient (Wildman–Crippen LogP) is 5.16. The molecule has 0 atom stereocenters. The Morgan fingerprint density at radius 1 is 0.897 bits per heavy atom. The van der Waals surface area contributed by atoms with Crippen LogP contribution < -0.4 is 4.74 Å². The van der Waals surface area contributed by atoms with Crippen molar-refractivity contribution in [1.82, 2.24) is 9.78 Å². The number of aryl methyl sites for hydroxylation is 1. The SMILES string of the molecule is N#CCCc1ccc(Cn2cccn2)cc1OCCc1ccc2ccccc2c1. The maximum absolute atomic E-state index is 8.95. The minimum atomic E-state index is 0.486. The summed E-state index contributed by atoms with van der Waals surface area (Å²) in [6, 6.07) is 25.3. The van der Waals surface area contributed by atoms with Gasteiger partial charge in [-0.1, -0.05) is 54.6 Å². The van der Waals surface area contributed by atoms with Crippen molar-refractivity contribution in [2.24, 2.45) is 0 Å². The van der Waals surface area contributed by atoms with Crippen LogP contribution in [0, 0.1) is 11.3 Å². The molecular weight excluding hydrogens is 358 g/mol. The summed E-state index contributed by atoms with van der Waals surface area (Å²) < 4.78 is 8.06. The second-order valence-electron chi connectivity index (χ2n) is 7.08. The van der Waals surface area contributed by atoms with Crippen molar-refractivity contribution in [1.29, 1.82) is 5.26 Å². The first-order chi connectivity index (χ1) is 14.3. The molecule has 0 fully saturated rings. The van der Waals surface area contributed by atoms with Crippen LogP contribution in [0.1, 0.15) is 23.1 Å². The molecule has 0 aliphatic rings. The Bertz CT molecular complexity index is 1130. The van der Waals surface area contributed by atoms with Crippen molar-refractivity contribution in [2.45, 2.75) is 25.8 Å². The van der Waals surface area contributed by atoms with Crippen molar-refractivity contribution in [3.8, 4) is 11.8 Å². The summed E-state index contributed by atoms with van der Waals surface area (Å²) in [6.45, 7) is 1.30. The summed E-state index contributed by atoms with van der Waals surface area (Å²) in [5.41, 5.74) is 3.47. The van der Waals surface area contributed by atoms with Gasteiger partial charge in [-0.15, -0.1) is 0 Å². The van der Waals surface area contributed by atoms with E-state index in [9.17, 15) is 0 Å². The standard InChI is InChI=1S/C25H23N3O/c26-13-3-7-23-11-9-21(19-28-15-4-14-27-28)18-25(23)29-16-12-20-8-10-22-5-1-2-6-24(22)17-20/h1-2,4-6,8-11,14-15,17-18H,3,7,12,16,19H2. The Kier molecular flexibility index (Phi) is 5.87. The number of nitrogens with zero attached hydrogens (tertiary/aromatic N) is 3. The average molecular weight is 381 g/mol. The summed E-state index contributed by atoms with van der Waals surface area (Å²) in [6.07, 6.45) is 5.75. The Morgan fingerprint density at radius 2 is 1.76 bits per heavy atom. The molecule has 0 amide bonds. The number of hydrogen-bond acceptors (Lipinski definition) is 3. The molecule has 0 N–H and O–H groups in total. The van der Waals surface area contributed by atoms with Crippen molar-refractivity contribution >= 4 is 10.8 Å². The van der Waals surface area contributed by atoms with Crippen LogP contribution in [0.25, 0.3) is 10.8 Å². The van der Waals surface area contributed by atoms with Gasteiger partial charge < -0.3 is 4.74 Å². The number of rotatable bonds is 8. The van der Waals surface area contributed by atoms with Gasteiger partial charge in [-0.2, -0.15) is 10.4 Å². The van der Waals surface area contributed by atoms with E-state index in [1.54, 1.807) is 6.20 Å². The van der Waals surface area contributed by atoms with Crippen LogP contribution in [-0.2, 0) is 19.4 Å². The van der Waals surface area contributed by atoms with Crippen LogP contribution in [0.5, 0.6) is 5.75 Å². The smallest absolute Gasteiger partial charge is 0.122 e. The summed E-state index contributed by atoms with van der Waals surface area (Å²) in [5.74, 6) is 0.866. The molecule has 0 radical (unpaired) electrons. The number of nitriles is 1. The molecule has 0 spiro atoms. The highest BCUT2D eigenvalue weighted by Gasteiger charge is 2.07. The molecule has 4 heteroatoms. The van der Waals surface area contributed by atoms with Crippen LogP contribution in [-0.4, -0.2) is 16.4 Å².